The van der Waals surface area contributed by atoms with Gasteiger partial charge in [-0.1, -0.05) is 6.07 Å². The first-order valence-electron chi connectivity index (χ1n) is 8.34. The topological polar surface area (TPSA) is 63.9 Å². The second kappa shape index (κ2) is 7.57. The van der Waals surface area contributed by atoms with E-state index in [0.29, 0.717) is 38.2 Å². The highest BCUT2D eigenvalue weighted by atomic mass is 16.5. The number of β-amino-alcohol motifs (C(OH)–C–C–N with tert-alkyl or cyclic N) is 1. The number of methoxy groups -OCH3 is 1. The molecule has 0 spiro atoms. The predicted molar refractivity (Wildman–Crippen MR) is 86.7 cm³/mol. The normalized spacial score (nSPS) is 25.1. The zero-order chi connectivity index (χ0) is 16.2. The number of hydrogen-bond acceptors (Lipinski definition) is 5. The summed E-state index contributed by atoms with van der Waals surface area (Å²) in [4.78, 5) is 14.3. The van der Waals surface area contributed by atoms with Gasteiger partial charge in [-0.05, 0) is 18.4 Å². The Labute approximate surface area is 136 Å². The molecule has 3 rings (SSSR count). The fourth-order valence-electron chi connectivity index (χ4n) is 3.86. The van der Waals surface area contributed by atoms with Crippen LogP contribution in [0.4, 0.5) is 0 Å². The minimum absolute atomic E-state index is 0.109. The summed E-state index contributed by atoms with van der Waals surface area (Å²) >= 11 is 0. The Bertz CT molecular complexity index is 574. The van der Waals surface area contributed by atoms with Gasteiger partial charge in [-0.3, -0.25) is 9.69 Å². The van der Waals surface area contributed by atoms with Crippen molar-refractivity contribution in [1.29, 1.82) is 0 Å². The lowest BCUT2D eigenvalue weighted by Crippen LogP contribution is -2.49. The summed E-state index contributed by atoms with van der Waals surface area (Å²) < 4.78 is 12.2. The molecule has 23 heavy (non-hydrogen) atoms. The maximum atomic E-state index is 12.0. The van der Waals surface area contributed by atoms with E-state index in [1.807, 2.05) is 10.6 Å². The lowest BCUT2D eigenvalue weighted by molar-refractivity contribution is -0.00995. The molecular weight excluding hydrogens is 296 g/mol. The highest BCUT2D eigenvalue weighted by Crippen LogP contribution is 2.34. The molecule has 128 valence electrons. The lowest BCUT2D eigenvalue weighted by Gasteiger charge is -2.43. The molecule has 0 unspecified atom stereocenters. The van der Waals surface area contributed by atoms with E-state index in [-0.39, 0.29) is 5.56 Å². The van der Waals surface area contributed by atoms with Crippen molar-refractivity contribution in [2.24, 2.45) is 5.92 Å². The summed E-state index contributed by atoms with van der Waals surface area (Å²) in [5, 5.41) is 10.1. The Hall–Kier alpha value is -1.21. The molecule has 2 aliphatic heterocycles. The van der Waals surface area contributed by atoms with E-state index in [0.717, 1.165) is 31.7 Å². The van der Waals surface area contributed by atoms with Crippen LogP contribution in [0.25, 0.3) is 0 Å². The Balaban J connectivity index is 1.56. The van der Waals surface area contributed by atoms with Gasteiger partial charge in [0.25, 0.3) is 5.56 Å². The third kappa shape index (κ3) is 4.01. The third-order valence-corrected chi connectivity index (χ3v) is 4.77. The van der Waals surface area contributed by atoms with Gasteiger partial charge < -0.3 is 19.1 Å². The number of rotatable bonds is 7. The lowest BCUT2D eigenvalue weighted by atomic mass is 9.83. The van der Waals surface area contributed by atoms with Crippen LogP contribution in [-0.2, 0) is 16.0 Å². The first-order valence-corrected chi connectivity index (χ1v) is 8.34. The molecule has 0 radical (unpaired) electrons. The molecule has 6 nitrogen and oxygen atoms in total. The van der Waals surface area contributed by atoms with Crippen molar-refractivity contribution in [3.8, 4) is 0 Å². The van der Waals surface area contributed by atoms with Crippen molar-refractivity contribution in [2.75, 3.05) is 46.6 Å². The number of piperidine rings is 1. The predicted octanol–water partition coefficient (Wildman–Crippen LogP) is 0.291. The van der Waals surface area contributed by atoms with Crippen molar-refractivity contribution < 1.29 is 14.6 Å². The van der Waals surface area contributed by atoms with Crippen LogP contribution in [0.3, 0.4) is 0 Å². The van der Waals surface area contributed by atoms with E-state index in [2.05, 4.69) is 11.0 Å². The molecule has 0 aliphatic carbocycles. The SMILES string of the molecule is COCCOC[C@H](O)CN1C[C@@H]2C[C@H](C1)c1cccc(=O)n1C2. The standard InChI is InChI=1S/C17H26N2O4/c1-22-5-6-23-12-15(20)11-18-8-13-7-14(10-18)16-3-2-4-17(21)19(16)9-13/h2-4,13-15,20H,5-12H2,1H3/t13-,14+,15+/m0/s1. The average molecular weight is 322 g/mol. The zero-order valence-corrected chi connectivity index (χ0v) is 13.7. The smallest absolute Gasteiger partial charge is 0.250 e. The van der Waals surface area contributed by atoms with Gasteiger partial charge in [0.1, 0.15) is 0 Å². The van der Waals surface area contributed by atoms with Crippen LogP contribution >= 0.6 is 0 Å². The molecule has 2 bridgehead atoms. The molecule has 0 saturated carbocycles. The molecular formula is C17H26N2O4. The maximum Gasteiger partial charge on any atom is 0.250 e. The quantitative estimate of drug-likeness (QED) is 0.731. The van der Waals surface area contributed by atoms with Gasteiger partial charge in [-0.2, -0.15) is 0 Å². The van der Waals surface area contributed by atoms with Crippen LogP contribution in [-0.4, -0.2) is 67.2 Å². The number of fused-ring (bicyclic) bond motifs is 4. The number of likely N-dealkylation sites (tertiary alicyclic amines) is 1. The van der Waals surface area contributed by atoms with Crippen LogP contribution in [0.5, 0.6) is 0 Å². The number of aliphatic hydroxyl groups is 1. The summed E-state index contributed by atoms with van der Waals surface area (Å²) in [6.45, 7) is 4.65. The first kappa shape index (κ1) is 16.6. The molecule has 1 fully saturated rings. The fraction of sp³-hybridized carbons (Fsp3) is 0.706. The van der Waals surface area contributed by atoms with Gasteiger partial charge >= 0.3 is 0 Å². The van der Waals surface area contributed by atoms with Gasteiger partial charge in [0.2, 0.25) is 0 Å². The number of hydrogen-bond donors (Lipinski definition) is 1. The maximum absolute atomic E-state index is 12.0. The average Bonchev–Trinajstić information content (AvgIpc) is 2.53. The molecule has 1 saturated heterocycles. The van der Waals surface area contributed by atoms with Crippen molar-refractivity contribution in [1.82, 2.24) is 9.47 Å². The van der Waals surface area contributed by atoms with E-state index >= 15 is 0 Å². The number of aliphatic hydroxyl groups excluding tert-OH is 1. The van der Waals surface area contributed by atoms with Crippen LogP contribution < -0.4 is 5.56 Å². The van der Waals surface area contributed by atoms with Crippen LogP contribution in [0.1, 0.15) is 18.0 Å². The van der Waals surface area contributed by atoms with Crippen LogP contribution in [0, 0.1) is 5.92 Å². The van der Waals surface area contributed by atoms with Gasteiger partial charge in [0.05, 0.1) is 25.9 Å². The molecule has 1 N–H and O–H groups in total. The van der Waals surface area contributed by atoms with Gasteiger partial charge in [0, 0.05) is 51.0 Å². The molecule has 6 heteroatoms. The molecule has 1 aromatic heterocycles. The van der Waals surface area contributed by atoms with Crippen molar-refractivity contribution >= 4 is 0 Å². The monoisotopic (exact) mass is 322 g/mol. The molecule has 3 atom stereocenters. The Morgan fingerprint density at radius 3 is 3.00 bits per heavy atom. The van der Waals surface area contributed by atoms with E-state index in [1.165, 1.54) is 0 Å². The van der Waals surface area contributed by atoms with Crippen molar-refractivity contribution in [3.05, 3.63) is 34.2 Å². The second-order valence-corrected chi connectivity index (χ2v) is 6.64. The number of nitrogens with zero attached hydrogens (tertiary/aromatic N) is 2. The third-order valence-electron chi connectivity index (χ3n) is 4.77. The van der Waals surface area contributed by atoms with Gasteiger partial charge in [-0.25, -0.2) is 0 Å². The Morgan fingerprint density at radius 2 is 2.17 bits per heavy atom. The number of pyridine rings is 1. The van der Waals surface area contributed by atoms with E-state index < -0.39 is 6.10 Å². The number of aromatic nitrogens is 1. The molecule has 2 aliphatic rings. The summed E-state index contributed by atoms with van der Waals surface area (Å²) in [5.74, 6) is 0.876. The van der Waals surface area contributed by atoms with Gasteiger partial charge in [-0.15, -0.1) is 0 Å². The highest BCUT2D eigenvalue weighted by molar-refractivity contribution is 5.16. The number of ether oxygens (including phenoxy) is 2. The second-order valence-electron chi connectivity index (χ2n) is 6.64. The molecule has 1 aromatic rings. The summed E-state index contributed by atoms with van der Waals surface area (Å²) in [6, 6.07) is 5.56. The highest BCUT2D eigenvalue weighted by Gasteiger charge is 2.34. The van der Waals surface area contributed by atoms with Crippen LogP contribution in [0.2, 0.25) is 0 Å². The summed E-state index contributed by atoms with van der Waals surface area (Å²) in [7, 11) is 1.63. The minimum atomic E-state index is -0.483. The van der Waals surface area contributed by atoms with E-state index in [4.69, 9.17) is 9.47 Å². The zero-order valence-electron chi connectivity index (χ0n) is 13.7. The van der Waals surface area contributed by atoms with Crippen LogP contribution in [0.15, 0.2) is 23.0 Å². The van der Waals surface area contributed by atoms with Crippen molar-refractivity contribution in [3.63, 3.8) is 0 Å². The summed E-state index contributed by atoms with van der Waals surface area (Å²) in [5.41, 5.74) is 1.25. The molecule has 0 amide bonds. The van der Waals surface area contributed by atoms with E-state index in [1.54, 1.807) is 13.2 Å². The van der Waals surface area contributed by atoms with E-state index in [9.17, 15) is 9.90 Å². The first-order chi connectivity index (χ1) is 11.2. The Morgan fingerprint density at radius 1 is 1.30 bits per heavy atom. The molecule has 0 aromatic carbocycles. The Kier molecular flexibility index (Phi) is 5.48. The summed E-state index contributed by atoms with van der Waals surface area (Å²) in [6.07, 6.45) is 0.657. The largest absolute Gasteiger partial charge is 0.389 e. The minimum Gasteiger partial charge on any atom is -0.389 e. The van der Waals surface area contributed by atoms with Crippen molar-refractivity contribution in [2.45, 2.75) is 25.0 Å². The fourth-order valence-corrected chi connectivity index (χ4v) is 3.86. The van der Waals surface area contributed by atoms with Gasteiger partial charge in [0.15, 0.2) is 0 Å². The molecule has 3 heterocycles.